The molecular weight excluding hydrogens is 322 g/mol. The fourth-order valence-corrected chi connectivity index (χ4v) is 2.83. The van der Waals surface area contributed by atoms with Crippen LogP contribution in [-0.2, 0) is 4.74 Å². The molecule has 0 saturated carbocycles. The number of ether oxygens (including phenoxy) is 2. The zero-order valence-electron chi connectivity index (χ0n) is 11.8. The normalized spacial score (nSPS) is 17.4. The number of aromatic hydroxyl groups is 1. The fourth-order valence-electron chi connectivity index (χ4n) is 2.47. The first-order valence-electron chi connectivity index (χ1n) is 6.67. The van der Waals surface area contributed by atoms with Crippen molar-refractivity contribution in [2.24, 2.45) is 0 Å². The van der Waals surface area contributed by atoms with Gasteiger partial charge in [0.1, 0.15) is 11.1 Å². The number of benzene rings is 2. The van der Waals surface area contributed by atoms with Crippen LogP contribution in [0.3, 0.4) is 0 Å². The summed E-state index contributed by atoms with van der Waals surface area (Å²) < 4.78 is 11.1. The maximum atomic E-state index is 10.4. The van der Waals surface area contributed by atoms with E-state index in [0.717, 1.165) is 11.3 Å². The topological polar surface area (TPSA) is 50.7 Å². The second-order valence-corrected chi connectivity index (χ2v) is 5.80. The molecule has 4 nitrogen and oxygen atoms in total. The van der Waals surface area contributed by atoms with Gasteiger partial charge in [-0.1, -0.05) is 36.0 Å². The van der Waals surface area contributed by atoms with Crippen LogP contribution < -0.4 is 10.1 Å². The smallest absolute Gasteiger partial charge is 0.163 e. The maximum absolute atomic E-state index is 10.4. The predicted molar refractivity (Wildman–Crippen MR) is 90.1 cm³/mol. The van der Waals surface area contributed by atoms with Crippen molar-refractivity contribution in [2.75, 3.05) is 19.0 Å². The molecule has 1 atom stereocenters. The van der Waals surface area contributed by atoms with Crippen molar-refractivity contribution in [3.8, 4) is 11.5 Å². The van der Waals surface area contributed by atoms with Crippen molar-refractivity contribution in [3.05, 3.63) is 52.5 Å². The van der Waals surface area contributed by atoms with E-state index in [1.165, 1.54) is 7.11 Å². The summed E-state index contributed by atoms with van der Waals surface area (Å²) in [7, 11) is 1.51. The highest BCUT2D eigenvalue weighted by Crippen LogP contribution is 2.41. The number of halogens is 1. The van der Waals surface area contributed by atoms with Gasteiger partial charge in [-0.05, 0) is 24.3 Å². The number of rotatable bonds is 2. The zero-order chi connectivity index (χ0) is 15.7. The summed E-state index contributed by atoms with van der Waals surface area (Å²) >= 11 is 11.3. The van der Waals surface area contributed by atoms with E-state index in [-0.39, 0.29) is 12.4 Å². The molecule has 0 spiro atoms. The third-order valence-corrected chi connectivity index (χ3v) is 3.94. The van der Waals surface area contributed by atoms with E-state index in [1.807, 2.05) is 6.07 Å². The van der Waals surface area contributed by atoms with Gasteiger partial charge in [-0.3, -0.25) is 0 Å². The number of anilines is 1. The number of para-hydroxylation sites is 1. The van der Waals surface area contributed by atoms with Gasteiger partial charge >= 0.3 is 0 Å². The second kappa shape index (κ2) is 6.12. The van der Waals surface area contributed by atoms with Gasteiger partial charge in [0, 0.05) is 21.8 Å². The minimum absolute atomic E-state index is 0.0498. The van der Waals surface area contributed by atoms with E-state index in [4.69, 9.17) is 33.3 Å². The molecule has 1 aliphatic heterocycles. The van der Waals surface area contributed by atoms with Gasteiger partial charge < -0.3 is 19.9 Å². The van der Waals surface area contributed by atoms with E-state index in [2.05, 4.69) is 5.32 Å². The largest absolute Gasteiger partial charge is 0.504 e. The number of hydrogen-bond acceptors (Lipinski definition) is 4. The summed E-state index contributed by atoms with van der Waals surface area (Å²) in [4.78, 5) is 0.577. The Morgan fingerprint density at radius 3 is 2.91 bits per heavy atom. The first-order chi connectivity index (χ1) is 10.6. The van der Waals surface area contributed by atoms with Gasteiger partial charge in [0.05, 0.1) is 13.7 Å². The van der Waals surface area contributed by atoms with Gasteiger partial charge in [-0.25, -0.2) is 0 Å². The van der Waals surface area contributed by atoms with Crippen LogP contribution in [0.4, 0.5) is 5.69 Å². The quantitative estimate of drug-likeness (QED) is 0.815. The molecule has 0 bridgehead atoms. The summed E-state index contributed by atoms with van der Waals surface area (Å²) in [5.74, 6) is 0.443. The Bertz CT molecular complexity index is 735. The van der Waals surface area contributed by atoms with Crippen LogP contribution in [0.2, 0.25) is 5.02 Å². The fraction of sp³-hybridized carbons (Fsp3) is 0.188. The lowest BCUT2D eigenvalue weighted by atomic mass is 9.98. The lowest BCUT2D eigenvalue weighted by molar-refractivity contribution is 0.113. The molecule has 0 aromatic heterocycles. The van der Waals surface area contributed by atoms with Crippen LogP contribution in [0, 0.1) is 0 Å². The number of thiocarbonyl (C=S) groups is 1. The molecule has 0 fully saturated rings. The molecule has 6 heteroatoms. The number of phenolic OH excluding ortho intramolecular Hbond substituents is 1. The molecule has 0 aliphatic carbocycles. The molecule has 2 N–H and O–H groups in total. The highest BCUT2D eigenvalue weighted by molar-refractivity contribution is 7.80. The van der Waals surface area contributed by atoms with Crippen molar-refractivity contribution in [1.82, 2.24) is 0 Å². The molecule has 0 unspecified atom stereocenters. The minimum atomic E-state index is -0.489. The van der Waals surface area contributed by atoms with Gasteiger partial charge in [0.15, 0.2) is 11.5 Å². The lowest BCUT2D eigenvalue weighted by Gasteiger charge is -2.20. The number of phenols is 1. The Kier molecular flexibility index (Phi) is 4.20. The van der Waals surface area contributed by atoms with E-state index < -0.39 is 6.10 Å². The molecule has 22 heavy (non-hydrogen) atoms. The molecule has 1 heterocycles. The number of fused-ring (bicyclic) bond motifs is 1. The second-order valence-electron chi connectivity index (χ2n) is 4.87. The number of methoxy groups -OCH3 is 1. The third-order valence-electron chi connectivity index (χ3n) is 3.48. The van der Waals surface area contributed by atoms with Crippen LogP contribution in [-0.4, -0.2) is 23.8 Å². The molecular formula is C16H14ClNO3S. The van der Waals surface area contributed by atoms with Crippen molar-refractivity contribution >= 4 is 34.5 Å². The summed E-state index contributed by atoms with van der Waals surface area (Å²) in [6.07, 6.45) is -0.489. The van der Waals surface area contributed by atoms with Crippen LogP contribution in [0.25, 0.3) is 0 Å². The van der Waals surface area contributed by atoms with Gasteiger partial charge in [0.25, 0.3) is 0 Å². The summed E-state index contributed by atoms with van der Waals surface area (Å²) in [6, 6.07) is 10.7. The summed E-state index contributed by atoms with van der Waals surface area (Å²) in [5, 5.41) is 14.1. The first-order valence-corrected chi connectivity index (χ1v) is 7.45. The van der Waals surface area contributed by atoms with Crippen molar-refractivity contribution in [3.63, 3.8) is 0 Å². The average molecular weight is 336 g/mol. The minimum Gasteiger partial charge on any atom is -0.504 e. The SMILES string of the molecule is COc1cccc([C@H]2OCC(=S)Nc3ccc(Cl)cc32)c1O. The first kappa shape index (κ1) is 15.1. The Morgan fingerprint density at radius 1 is 1.32 bits per heavy atom. The van der Waals surface area contributed by atoms with Gasteiger partial charge in [-0.15, -0.1) is 0 Å². The maximum Gasteiger partial charge on any atom is 0.163 e. The van der Waals surface area contributed by atoms with Crippen LogP contribution in [0.1, 0.15) is 17.2 Å². The summed E-state index contributed by atoms with van der Waals surface area (Å²) in [6.45, 7) is 0.253. The zero-order valence-corrected chi connectivity index (χ0v) is 13.4. The van der Waals surface area contributed by atoms with Crippen LogP contribution in [0.15, 0.2) is 36.4 Å². The van der Waals surface area contributed by atoms with Gasteiger partial charge in [0.2, 0.25) is 0 Å². The van der Waals surface area contributed by atoms with E-state index in [9.17, 15) is 5.11 Å². The van der Waals surface area contributed by atoms with Crippen molar-refractivity contribution < 1.29 is 14.6 Å². The van der Waals surface area contributed by atoms with E-state index in [1.54, 1.807) is 30.3 Å². The third kappa shape index (κ3) is 2.75. The number of nitrogens with one attached hydrogen (secondary N) is 1. The van der Waals surface area contributed by atoms with Gasteiger partial charge in [-0.2, -0.15) is 0 Å². The molecule has 0 radical (unpaired) electrons. The summed E-state index contributed by atoms with van der Waals surface area (Å²) in [5.41, 5.74) is 2.24. The monoisotopic (exact) mass is 335 g/mol. The molecule has 0 amide bonds. The average Bonchev–Trinajstić information content (AvgIpc) is 2.66. The molecule has 2 aromatic rings. The molecule has 114 valence electrons. The Labute approximate surface area is 138 Å². The Balaban J connectivity index is 2.15. The molecule has 0 saturated heterocycles. The van der Waals surface area contributed by atoms with Crippen molar-refractivity contribution in [2.45, 2.75) is 6.10 Å². The predicted octanol–water partition coefficient (Wildman–Crippen LogP) is 3.91. The van der Waals surface area contributed by atoms with Crippen LogP contribution >= 0.6 is 23.8 Å². The number of hydrogen-bond donors (Lipinski definition) is 2. The highest BCUT2D eigenvalue weighted by atomic mass is 35.5. The molecule has 1 aliphatic rings. The Hall–Kier alpha value is -1.82. The highest BCUT2D eigenvalue weighted by Gasteiger charge is 2.26. The van der Waals surface area contributed by atoms with Crippen LogP contribution in [0.5, 0.6) is 11.5 Å². The molecule has 2 aromatic carbocycles. The Morgan fingerprint density at radius 2 is 2.14 bits per heavy atom. The van der Waals surface area contributed by atoms with E-state index >= 15 is 0 Å². The molecule has 3 rings (SSSR count). The standard InChI is InChI=1S/C16H14ClNO3S/c1-20-13-4-2-3-10(15(13)19)16-11-7-9(17)5-6-12(11)18-14(22)8-21-16/h2-7,16,19H,8H2,1H3,(H,18,22)/t16-/m1/s1. The van der Waals surface area contributed by atoms with Crippen molar-refractivity contribution in [1.29, 1.82) is 0 Å². The van der Waals surface area contributed by atoms with E-state index in [0.29, 0.717) is 21.3 Å². The lowest BCUT2D eigenvalue weighted by Crippen LogP contribution is -2.13.